The maximum Gasteiger partial charge on any atom is 0.338 e. The second-order valence-corrected chi connectivity index (χ2v) is 4.06. The molecule has 1 unspecified atom stereocenters. The van der Waals surface area contributed by atoms with E-state index in [9.17, 15) is 9.18 Å². The topological polar surface area (TPSA) is 58.6 Å². The molecule has 0 saturated heterocycles. The van der Waals surface area contributed by atoms with Crippen molar-refractivity contribution in [3.05, 3.63) is 35.1 Å². The Kier molecular flexibility index (Phi) is 5.74. The Bertz CT molecular complexity index is 409. The molecule has 5 heteroatoms. The van der Waals surface area contributed by atoms with Crippen LogP contribution in [0, 0.1) is 5.82 Å². The molecule has 1 aromatic carbocycles. The number of nitrogens with one attached hydrogen (secondary N) is 1. The van der Waals surface area contributed by atoms with Crippen LogP contribution in [0.3, 0.4) is 0 Å². The van der Waals surface area contributed by atoms with Gasteiger partial charge in [-0.05, 0) is 24.1 Å². The third-order valence-electron chi connectivity index (χ3n) is 2.72. The highest BCUT2D eigenvalue weighted by Crippen LogP contribution is 2.10. The first kappa shape index (κ1) is 14.6. The van der Waals surface area contributed by atoms with Gasteiger partial charge in [-0.3, -0.25) is 0 Å². The van der Waals surface area contributed by atoms with Gasteiger partial charge in [0, 0.05) is 19.7 Å². The molecule has 0 amide bonds. The summed E-state index contributed by atoms with van der Waals surface area (Å²) >= 11 is 0. The molecule has 0 aliphatic rings. The zero-order valence-corrected chi connectivity index (χ0v) is 10.6. The van der Waals surface area contributed by atoms with Crippen molar-refractivity contribution in [2.45, 2.75) is 25.9 Å². The zero-order chi connectivity index (χ0) is 13.5. The third kappa shape index (κ3) is 4.09. The molecule has 2 N–H and O–H groups in total. The minimum absolute atomic E-state index is 0.206. The fourth-order valence-corrected chi connectivity index (χ4v) is 1.63. The van der Waals surface area contributed by atoms with Crippen LogP contribution in [0.4, 0.5) is 4.39 Å². The van der Waals surface area contributed by atoms with E-state index in [1.807, 2.05) is 6.92 Å². The van der Waals surface area contributed by atoms with Crippen LogP contribution in [-0.2, 0) is 11.3 Å². The summed E-state index contributed by atoms with van der Waals surface area (Å²) in [6.45, 7) is 3.11. The van der Waals surface area contributed by atoms with Gasteiger partial charge >= 0.3 is 5.97 Å². The summed E-state index contributed by atoms with van der Waals surface area (Å²) < 4.78 is 18.5. The van der Waals surface area contributed by atoms with Gasteiger partial charge in [-0.2, -0.15) is 0 Å². The van der Waals surface area contributed by atoms with Crippen LogP contribution in [0.1, 0.15) is 29.3 Å². The Hall–Kier alpha value is -1.46. The number of benzene rings is 1. The molecule has 0 fully saturated rings. The number of methoxy groups -OCH3 is 1. The fourth-order valence-electron chi connectivity index (χ4n) is 1.63. The first-order valence-corrected chi connectivity index (χ1v) is 5.82. The molecule has 0 radical (unpaired) electrons. The lowest BCUT2D eigenvalue weighted by atomic mass is 10.1. The second-order valence-electron chi connectivity index (χ2n) is 4.06. The molecule has 4 nitrogen and oxygen atoms in total. The number of hydrogen-bond donors (Lipinski definition) is 2. The Morgan fingerprint density at radius 1 is 1.56 bits per heavy atom. The lowest BCUT2D eigenvalue weighted by Gasteiger charge is -2.16. The molecule has 0 saturated carbocycles. The molecular weight excluding hydrogens is 237 g/mol. The Morgan fingerprint density at radius 2 is 2.28 bits per heavy atom. The number of carboxylic acid groups (broad SMARTS) is 1. The van der Waals surface area contributed by atoms with Gasteiger partial charge in [0.1, 0.15) is 5.82 Å². The average molecular weight is 255 g/mol. The lowest BCUT2D eigenvalue weighted by molar-refractivity contribution is 0.0692. The number of hydrogen-bond acceptors (Lipinski definition) is 3. The SMILES string of the molecule is CCC(COC)NCc1ccc(C(=O)O)c(F)c1. The molecule has 1 aromatic rings. The van der Waals surface area contributed by atoms with Crippen LogP contribution >= 0.6 is 0 Å². The van der Waals surface area contributed by atoms with Gasteiger partial charge in [-0.1, -0.05) is 13.0 Å². The largest absolute Gasteiger partial charge is 0.478 e. The summed E-state index contributed by atoms with van der Waals surface area (Å²) in [6, 6.07) is 4.35. The highest BCUT2D eigenvalue weighted by atomic mass is 19.1. The van der Waals surface area contributed by atoms with Crippen molar-refractivity contribution >= 4 is 5.97 Å². The number of rotatable bonds is 7. The number of carbonyl (C=O) groups is 1. The van der Waals surface area contributed by atoms with Gasteiger partial charge in [-0.25, -0.2) is 9.18 Å². The van der Waals surface area contributed by atoms with E-state index in [1.54, 1.807) is 13.2 Å². The lowest BCUT2D eigenvalue weighted by Crippen LogP contribution is -2.32. The van der Waals surface area contributed by atoms with Crippen molar-refractivity contribution in [1.29, 1.82) is 0 Å². The van der Waals surface area contributed by atoms with E-state index in [1.165, 1.54) is 12.1 Å². The van der Waals surface area contributed by atoms with Gasteiger partial charge in [0.05, 0.1) is 12.2 Å². The summed E-state index contributed by atoms with van der Waals surface area (Å²) in [5.41, 5.74) is 0.412. The summed E-state index contributed by atoms with van der Waals surface area (Å²) in [5, 5.41) is 11.9. The van der Waals surface area contributed by atoms with Crippen molar-refractivity contribution in [2.24, 2.45) is 0 Å². The van der Waals surface area contributed by atoms with Crippen LogP contribution < -0.4 is 5.32 Å². The monoisotopic (exact) mass is 255 g/mol. The Morgan fingerprint density at radius 3 is 2.78 bits per heavy atom. The minimum Gasteiger partial charge on any atom is -0.478 e. The summed E-state index contributed by atoms with van der Waals surface area (Å²) in [4.78, 5) is 10.7. The predicted molar refractivity (Wildman–Crippen MR) is 66.2 cm³/mol. The zero-order valence-electron chi connectivity index (χ0n) is 10.6. The molecular formula is C13H18FNO3. The van der Waals surface area contributed by atoms with E-state index >= 15 is 0 Å². The maximum absolute atomic E-state index is 13.4. The molecule has 0 heterocycles. The molecule has 0 bridgehead atoms. The number of carboxylic acids is 1. The van der Waals surface area contributed by atoms with E-state index in [2.05, 4.69) is 5.32 Å². The number of halogens is 1. The van der Waals surface area contributed by atoms with Gasteiger partial charge in [0.2, 0.25) is 0 Å². The highest BCUT2D eigenvalue weighted by molar-refractivity contribution is 5.87. The molecule has 0 aromatic heterocycles. The summed E-state index contributed by atoms with van der Waals surface area (Å²) in [5.74, 6) is -1.96. The van der Waals surface area contributed by atoms with E-state index in [-0.39, 0.29) is 11.6 Å². The third-order valence-corrected chi connectivity index (χ3v) is 2.72. The summed E-state index contributed by atoms with van der Waals surface area (Å²) in [7, 11) is 1.63. The first-order chi connectivity index (χ1) is 8.58. The molecule has 1 rings (SSSR count). The van der Waals surface area contributed by atoms with Crippen molar-refractivity contribution in [2.75, 3.05) is 13.7 Å². The Balaban J connectivity index is 2.63. The van der Waals surface area contributed by atoms with Crippen LogP contribution in [-0.4, -0.2) is 30.8 Å². The molecule has 1 atom stereocenters. The molecule has 0 aliphatic carbocycles. The predicted octanol–water partition coefficient (Wildman–Crippen LogP) is 2.04. The number of aromatic carboxylic acids is 1. The molecule has 100 valence electrons. The maximum atomic E-state index is 13.4. The van der Waals surface area contributed by atoms with E-state index in [0.29, 0.717) is 18.7 Å². The first-order valence-electron chi connectivity index (χ1n) is 5.82. The minimum atomic E-state index is -1.25. The van der Waals surface area contributed by atoms with Crippen molar-refractivity contribution in [3.8, 4) is 0 Å². The summed E-state index contributed by atoms with van der Waals surface area (Å²) in [6.07, 6.45) is 0.906. The quantitative estimate of drug-likeness (QED) is 0.782. The van der Waals surface area contributed by atoms with E-state index in [4.69, 9.17) is 9.84 Å². The van der Waals surface area contributed by atoms with Gasteiger partial charge in [-0.15, -0.1) is 0 Å². The second kappa shape index (κ2) is 7.08. The van der Waals surface area contributed by atoms with Crippen molar-refractivity contribution in [1.82, 2.24) is 5.32 Å². The Labute approximate surface area is 106 Å². The van der Waals surface area contributed by atoms with E-state index < -0.39 is 11.8 Å². The molecule has 0 aliphatic heterocycles. The average Bonchev–Trinajstić information content (AvgIpc) is 2.34. The van der Waals surface area contributed by atoms with Crippen molar-refractivity contribution in [3.63, 3.8) is 0 Å². The van der Waals surface area contributed by atoms with Gasteiger partial charge in [0.15, 0.2) is 0 Å². The smallest absolute Gasteiger partial charge is 0.338 e. The van der Waals surface area contributed by atoms with Crippen LogP contribution in [0.15, 0.2) is 18.2 Å². The van der Waals surface area contributed by atoms with Gasteiger partial charge < -0.3 is 15.2 Å². The van der Waals surface area contributed by atoms with Crippen LogP contribution in [0.2, 0.25) is 0 Å². The standard InChI is InChI=1S/C13H18FNO3/c1-3-10(8-18-2)15-7-9-4-5-11(13(16)17)12(14)6-9/h4-6,10,15H,3,7-8H2,1-2H3,(H,16,17). The normalized spacial score (nSPS) is 12.4. The molecule has 0 spiro atoms. The highest BCUT2D eigenvalue weighted by Gasteiger charge is 2.11. The van der Waals surface area contributed by atoms with E-state index in [0.717, 1.165) is 6.42 Å². The van der Waals surface area contributed by atoms with Crippen molar-refractivity contribution < 1.29 is 19.0 Å². The fraction of sp³-hybridized carbons (Fsp3) is 0.462. The number of ether oxygens (including phenoxy) is 1. The van der Waals surface area contributed by atoms with Crippen LogP contribution in [0.5, 0.6) is 0 Å². The molecule has 18 heavy (non-hydrogen) atoms. The van der Waals surface area contributed by atoms with Crippen LogP contribution in [0.25, 0.3) is 0 Å². The van der Waals surface area contributed by atoms with Gasteiger partial charge in [0.25, 0.3) is 0 Å².